The zero-order valence-electron chi connectivity index (χ0n) is 29.5. The van der Waals surface area contributed by atoms with Gasteiger partial charge in [-0.2, -0.15) is 8.42 Å². The molecule has 14 heteroatoms. The Morgan fingerprint density at radius 2 is 1.58 bits per heavy atom. The maximum atomic E-state index is 13.0. The van der Waals surface area contributed by atoms with Gasteiger partial charge in [-0.3, -0.25) is 8.98 Å². The van der Waals surface area contributed by atoms with Gasteiger partial charge in [-0.05, 0) is 63.3 Å². The topological polar surface area (TPSA) is 165 Å². The Morgan fingerprint density at radius 1 is 0.960 bits per heavy atom. The van der Waals surface area contributed by atoms with E-state index in [4.69, 9.17) is 27.9 Å². The first-order valence-electron chi connectivity index (χ1n) is 16.7. The second kappa shape index (κ2) is 16.5. The van der Waals surface area contributed by atoms with E-state index >= 15 is 0 Å². The van der Waals surface area contributed by atoms with E-state index in [9.17, 15) is 22.8 Å². The van der Waals surface area contributed by atoms with Crippen LogP contribution < -0.4 is 10.0 Å². The van der Waals surface area contributed by atoms with E-state index in [-0.39, 0.29) is 13.0 Å². The van der Waals surface area contributed by atoms with Crippen LogP contribution in [-0.4, -0.2) is 81.4 Å². The van der Waals surface area contributed by atoms with Crippen molar-refractivity contribution in [2.24, 2.45) is 5.92 Å². The minimum atomic E-state index is -4.62. The number of nitrogens with one attached hydrogen (secondary N) is 2. The molecule has 2 saturated heterocycles. The Bertz CT molecular complexity index is 1600. The molecule has 4 rings (SSSR count). The van der Waals surface area contributed by atoms with Crippen LogP contribution in [0, 0.1) is 5.92 Å². The first-order chi connectivity index (χ1) is 23.4. The number of carbonyl (C=O) groups is 3. The predicted molar refractivity (Wildman–Crippen MR) is 185 cm³/mol. The molecule has 0 radical (unpaired) electrons. The smallest absolute Gasteiger partial charge is 0.408 e. The average Bonchev–Trinajstić information content (AvgIpc) is 3.53. The van der Waals surface area contributed by atoms with Crippen molar-refractivity contribution < 1.29 is 50.7 Å². The molecule has 50 heavy (non-hydrogen) atoms. The molecule has 2 fully saturated rings. The van der Waals surface area contributed by atoms with Crippen molar-refractivity contribution in [2.75, 3.05) is 13.2 Å². The number of hydrogen-bond acceptors (Lipinski definition) is 11. The van der Waals surface area contributed by atoms with Crippen molar-refractivity contribution >= 4 is 34.3 Å². The van der Waals surface area contributed by atoms with Crippen molar-refractivity contribution in [3.05, 3.63) is 66.2 Å². The Morgan fingerprint density at radius 3 is 2.20 bits per heavy atom. The molecule has 6 atom stereocenters. The van der Waals surface area contributed by atoms with Gasteiger partial charge in [0.2, 0.25) is 0 Å². The molecule has 13 nitrogen and oxygen atoms in total. The van der Waals surface area contributed by atoms with Crippen LogP contribution in [0.1, 0.15) is 66.9 Å². The summed E-state index contributed by atoms with van der Waals surface area (Å²) in [7, 11) is -4.62. The Labute approximate surface area is 294 Å². The Hall–Kier alpha value is -3.82. The SMILES string of the molecule is CCC(C)C(NC(=O)OC(C)(C)C)C(=O)NS(=O)(=O)OCC1OC(CCOC(=O)C=Cc2ccc(-c3ccccc3)cc2)C2OC(C)(C)OC12. The Balaban J connectivity index is 1.29. The molecule has 2 amide bonds. The molecule has 0 aromatic heterocycles. The number of hydrogen-bond donors (Lipinski definition) is 2. The fraction of sp³-hybridized carbons (Fsp3) is 0.528. The first-order valence-corrected chi connectivity index (χ1v) is 18.1. The van der Waals surface area contributed by atoms with Crippen LogP contribution in [0.5, 0.6) is 0 Å². The monoisotopic (exact) mass is 716 g/mol. The minimum absolute atomic E-state index is 0.0113. The van der Waals surface area contributed by atoms with Gasteiger partial charge in [0.1, 0.15) is 30.0 Å². The fourth-order valence-corrected chi connectivity index (χ4v) is 6.30. The molecular weight excluding hydrogens is 668 g/mol. The first kappa shape index (κ1) is 39.0. The molecule has 274 valence electrons. The number of rotatable bonds is 14. The number of esters is 1. The zero-order valence-corrected chi connectivity index (χ0v) is 30.4. The van der Waals surface area contributed by atoms with Crippen LogP contribution in [0.15, 0.2) is 60.7 Å². The van der Waals surface area contributed by atoms with Crippen molar-refractivity contribution in [3.63, 3.8) is 0 Å². The number of fused-ring (bicyclic) bond motifs is 1. The van der Waals surface area contributed by atoms with Crippen LogP contribution in [0.3, 0.4) is 0 Å². The van der Waals surface area contributed by atoms with E-state index in [0.717, 1.165) is 16.7 Å². The van der Waals surface area contributed by atoms with Crippen LogP contribution in [-0.2, 0) is 47.8 Å². The lowest BCUT2D eigenvalue weighted by atomic mass is 9.99. The van der Waals surface area contributed by atoms with Gasteiger partial charge in [0.05, 0.1) is 19.3 Å². The summed E-state index contributed by atoms with van der Waals surface area (Å²) in [5.41, 5.74) is 2.19. The number of ether oxygens (including phenoxy) is 5. The van der Waals surface area contributed by atoms with Crippen molar-refractivity contribution in [1.29, 1.82) is 0 Å². The molecule has 0 spiro atoms. The van der Waals surface area contributed by atoms with Gasteiger partial charge in [0.15, 0.2) is 5.79 Å². The maximum absolute atomic E-state index is 13.0. The molecule has 2 aliphatic rings. The highest BCUT2D eigenvalue weighted by Gasteiger charge is 2.55. The summed E-state index contributed by atoms with van der Waals surface area (Å²) in [6.07, 6.45) is 0.137. The third-order valence-corrected chi connectivity index (χ3v) is 9.00. The summed E-state index contributed by atoms with van der Waals surface area (Å²) >= 11 is 0. The van der Waals surface area contributed by atoms with Gasteiger partial charge in [-0.25, -0.2) is 14.3 Å². The van der Waals surface area contributed by atoms with E-state index in [1.165, 1.54) is 6.08 Å². The van der Waals surface area contributed by atoms with Crippen LogP contribution >= 0.6 is 0 Å². The molecular formula is C36H48N2O11S. The van der Waals surface area contributed by atoms with Gasteiger partial charge in [0.25, 0.3) is 5.91 Å². The molecule has 6 unspecified atom stereocenters. The van der Waals surface area contributed by atoms with Crippen molar-refractivity contribution in [2.45, 2.75) is 103 Å². The average molecular weight is 717 g/mol. The summed E-state index contributed by atoms with van der Waals surface area (Å²) in [6, 6.07) is 16.5. The Kier molecular flexibility index (Phi) is 12.8. The summed E-state index contributed by atoms with van der Waals surface area (Å²) in [5, 5.41) is 2.45. The molecule has 0 saturated carbocycles. The van der Waals surface area contributed by atoms with E-state index in [2.05, 4.69) is 5.32 Å². The second-order valence-corrected chi connectivity index (χ2v) is 15.1. The van der Waals surface area contributed by atoms with Gasteiger partial charge in [-0.15, -0.1) is 0 Å². The standard InChI is InChI=1S/C36H48N2O11S/c1-8-23(2)30(37-34(41)49-35(3,4)5)33(40)38-50(42,43)45-22-28-32-31(47-36(6,7)48-32)27(46-28)20-21-44-29(39)19-16-24-14-17-26(18-15-24)25-12-10-9-11-13-25/h9-19,23,27-28,30-32H,8,20-22H2,1-7H3,(H,37,41)(H,38,40). The van der Waals surface area contributed by atoms with Gasteiger partial charge >= 0.3 is 22.4 Å². The lowest BCUT2D eigenvalue weighted by Gasteiger charge is -2.26. The minimum Gasteiger partial charge on any atom is -0.462 e. The molecule has 2 N–H and O–H groups in total. The normalized spacial score (nSPS) is 22.8. The second-order valence-electron chi connectivity index (χ2n) is 13.8. The highest BCUT2D eigenvalue weighted by molar-refractivity contribution is 7.85. The quantitative estimate of drug-likeness (QED) is 0.202. The molecule has 2 heterocycles. The van der Waals surface area contributed by atoms with Gasteiger partial charge < -0.3 is 29.0 Å². The van der Waals surface area contributed by atoms with E-state index in [0.29, 0.717) is 6.42 Å². The number of amides is 2. The molecule has 0 bridgehead atoms. The van der Waals surface area contributed by atoms with E-state index in [1.54, 1.807) is 54.5 Å². The molecule has 2 aromatic carbocycles. The summed E-state index contributed by atoms with van der Waals surface area (Å²) in [5.74, 6) is -2.90. The summed E-state index contributed by atoms with van der Waals surface area (Å²) in [6.45, 7) is 11.5. The predicted octanol–water partition coefficient (Wildman–Crippen LogP) is 4.90. The summed E-state index contributed by atoms with van der Waals surface area (Å²) < 4.78 is 61.4. The number of alkyl carbamates (subject to hydrolysis) is 1. The van der Waals surface area contributed by atoms with Crippen LogP contribution in [0.4, 0.5) is 4.79 Å². The lowest BCUT2D eigenvalue weighted by Crippen LogP contribution is -2.52. The highest BCUT2D eigenvalue weighted by Crippen LogP contribution is 2.40. The maximum Gasteiger partial charge on any atom is 0.408 e. The lowest BCUT2D eigenvalue weighted by molar-refractivity contribution is -0.191. The highest BCUT2D eigenvalue weighted by atomic mass is 32.2. The third kappa shape index (κ3) is 11.4. The summed E-state index contributed by atoms with van der Waals surface area (Å²) in [4.78, 5) is 37.8. The third-order valence-electron chi connectivity index (χ3n) is 8.10. The van der Waals surface area contributed by atoms with Crippen molar-refractivity contribution in [3.8, 4) is 11.1 Å². The van der Waals surface area contributed by atoms with E-state index in [1.807, 2.05) is 59.3 Å². The van der Waals surface area contributed by atoms with Crippen molar-refractivity contribution in [1.82, 2.24) is 10.0 Å². The molecule has 2 aromatic rings. The number of carbonyl (C=O) groups excluding carboxylic acids is 3. The van der Waals surface area contributed by atoms with Crippen LogP contribution in [0.25, 0.3) is 17.2 Å². The van der Waals surface area contributed by atoms with Crippen LogP contribution in [0.2, 0.25) is 0 Å². The number of benzene rings is 2. The molecule has 0 aliphatic carbocycles. The fourth-order valence-electron chi connectivity index (χ4n) is 5.55. The zero-order chi connectivity index (χ0) is 36.7. The largest absolute Gasteiger partial charge is 0.462 e. The molecule has 2 aliphatic heterocycles. The van der Waals surface area contributed by atoms with Gasteiger partial charge in [0, 0.05) is 12.5 Å². The van der Waals surface area contributed by atoms with Gasteiger partial charge in [-0.1, -0.05) is 74.9 Å². The van der Waals surface area contributed by atoms with E-state index < -0.39 is 82.6 Å².